The Hall–Kier alpha value is -2.38. The van der Waals surface area contributed by atoms with Crippen LogP contribution in [0.3, 0.4) is 0 Å². The third-order valence-corrected chi connectivity index (χ3v) is 3.08. The summed E-state index contributed by atoms with van der Waals surface area (Å²) >= 11 is 0. The van der Waals surface area contributed by atoms with Gasteiger partial charge in [0.05, 0.1) is 17.8 Å². The summed E-state index contributed by atoms with van der Waals surface area (Å²) in [5.74, 6) is 0.478. The Bertz CT molecular complexity index is 636. The van der Waals surface area contributed by atoms with E-state index in [9.17, 15) is 18.0 Å². The Morgan fingerprint density at radius 3 is 2.85 bits per heavy atom. The van der Waals surface area contributed by atoms with Crippen LogP contribution in [-0.2, 0) is 11.0 Å². The largest absolute Gasteiger partial charge is 0.418 e. The number of para-hydroxylation sites is 1. The fraction of sp³-hybridized carbons (Fsp3) is 0.250. The van der Waals surface area contributed by atoms with Crippen molar-refractivity contribution in [1.29, 1.82) is 0 Å². The van der Waals surface area contributed by atoms with Gasteiger partial charge in [-0.05, 0) is 12.1 Å². The highest BCUT2D eigenvalue weighted by atomic mass is 19.4. The normalized spacial score (nSPS) is 17.1. The van der Waals surface area contributed by atoms with Crippen molar-refractivity contribution in [3.8, 4) is 0 Å². The minimum atomic E-state index is -4.51. The molecule has 2 heterocycles. The van der Waals surface area contributed by atoms with E-state index in [-0.39, 0.29) is 11.6 Å². The number of hydrogen-bond acceptors (Lipinski definition) is 4. The van der Waals surface area contributed by atoms with Gasteiger partial charge in [0, 0.05) is 12.1 Å². The maximum Gasteiger partial charge on any atom is 0.418 e. The monoisotopic (exact) mass is 282 g/mol. The van der Waals surface area contributed by atoms with Gasteiger partial charge in [0.2, 0.25) is 12.4 Å². The highest BCUT2D eigenvalue weighted by molar-refractivity contribution is 6.17. The lowest BCUT2D eigenvalue weighted by Crippen LogP contribution is -2.45. The zero-order valence-electron chi connectivity index (χ0n) is 10.1. The zero-order valence-corrected chi connectivity index (χ0v) is 10.1. The molecule has 0 spiro atoms. The molecule has 104 valence electrons. The third-order valence-electron chi connectivity index (χ3n) is 3.08. The van der Waals surface area contributed by atoms with Crippen LogP contribution in [0, 0.1) is 0 Å². The number of amidine groups is 1. The number of nitrogens with one attached hydrogen (secondary N) is 1. The lowest BCUT2D eigenvalue weighted by Gasteiger charge is -2.27. The van der Waals surface area contributed by atoms with E-state index < -0.39 is 11.7 Å². The second-order valence-corrected chi connectivity index (χ2v) is 4.25. The Balaban J connectivity index is 2.23. The number of aliphatic imine (C=N–C) groups is 2. The van der Waals surface area contributed by atoms with Crippen molar-refractivity contribution in [3.05, 3.63) is 29.3 Å². The van der Waals surface area contributed by atoms with E-state index in [2.05, 4.69) is 15.3 Å². The molecule has 1 N–H and O–H groups in total. The van der Waals surface area contributed by atoms with Gasteiger partial charge in [-0.3, -0.25) is 20.0 Å². The number of nitrogens with zero attached hydrogens (tertiary/aromatic N) is 3. The van der Waals surface area contributed by atoms with E-state index in [0.29, 0.717) is 30.9 Å². The molecule has 0 bridgehead atoms. The minimum absolute atomic E-state index is 0.0699. The molecular formula is C12H9F3N4O. The van der Waals surface area contributed by atoms with E-state index in [1.165, 1.54) is 6.07 Å². The first-order valence-electron chi connectivity index (χ1n) is 5.84. The molecule has 1 aromatic rings. The summed E-state index contributed by atoms with van der Waals surface area (Å²) in [4.78, 5) is 20.3. The molecule has 0 atom stereocenters. The van der Waals surface area contributed by atoms with E-state index in [0.717, 1.165) is 6.07 Å². The number of hydrogen-bond donors (Lipinski definition) is 1. The smallest absolute Gasteiger partial charge is 0.299 e. The van der Waals surface area contributed by atoms with Gasteiger partial charge in [0.1, 0.15) is 5.84 Å². The predicted molar refractivity (Wildman–Crippen MR) is 65.8 cm³/mol. The predicted octanol–water partition coefficient (Wildman–Crippen LogP) is 1.51. The molecule has 20 heavy (non-hydrogen) atoms. The molecule has 0 radical (unpaired) electrons. The number of guanidine groups is 1. The minimum Gasteiger partial charge on any atom is -0.299 e. The first kappa shape index (κ1) is 12.6. The maximum absolute atomic E-state index is 13.0. The fourth-order valence-corrected chi connectivity index (χ4v) is 2.29. The van der Waals surface area contributed by atoms with Gasteiger partial charge in [-0.25, -0.2) is 4.99 Å². The van der Waals surface area contributed by atoms with Crippen LogP contribution in [0.25, 0.3) is 0 Å². The Morgan fingerprint density at radius 2 is 2.15 bits per heavy atom. The number of benzene rings is 1. The van der Waals surface area contributed by atoms with Crippen molar-refractivity contribution < 1.29 is 18.0 Å². The first-order valence-corrected chi connectivity index (χ1v) is 5.84. The second kappa shape index (κ2) is 4.32. The van der Waals surface area contributed by atoms with Crippen LogP contribution in [0.1, 0.15) is 11.1 Å². The van der Waals surface area contributed by atoms with Gasteiger partial charge < -0.3 is 0 Å². The van der Waals surface area contributed by atoms with Gasteiger partial charge in [0.25, 0.3) is 0 Å². The van der Waals surface area contributed by atoms with Crippen molar-refractivity contribution in [2.24, 2.45) is 9.98 Å². The zero-order chi connectivity index (χ0) is 14.3. The molecule has 2 aliphatic rings. The number of halogens is 3. The third kappa shape index (κ3) is 1.84. The van der Waals surface area contributed by atoms with Crippen molar-refractivity contribution in [2.45, 2.75) is 6.18 Å². The molecule has 0 fully saturated rings. The second-order valence-electron chi connectivity index (χ2n) is 4.25. The Morgan fingerprint density at radius 1 is 1.35 bits per heavy atom. The van der Waals surface area contributed by atoms with Crippen LogP contribution >= 0.6 is 0 Å². The number of fused-ring (bicyclic) bond motifs is 3. The molecule has 0 saturated heterocycles. The van der Waals surface area contributed by atoms with Crippen molar-refractivity contribution in [1.82, 2.24) is 10.2 Å². The van der Waals surface area contributed by atoms with E-state index in [4.69, 9.17) is 0 Å². The van der Waals surface area contributed by atoms with Crippen molar-refractivity contribution in [2.75, 3.05) is 13.1 Å². The summed E-state index contributed by atoms with van der Waals surface area (Å²) in [6, 6.07) is 3.84. The molecule has 3 rings (SSSR count). The van der Waals surface area contributed by atoms with Crippen LogP contribution < -0.4 is 5.32 Å². The molecule has 0 aliphatic carbocycles. The van der Waals surface area contributed by atoms with Crippen molar-refractivity contribution in [3.63, 3.8) is 0 Å². The van der Waals surface area contributed by atoms with Gasteiger partial charge in [0.15, 0.2) is 0 Å². The van der Waals surface area contributed by atoms with Gasteiger partial charge in [-0.15, -0.1) is 0 Å². The average Bonchev–Trinajstić information content (AvgIpc) is 2.87. The van der Waals surface area contributed by atoms with Gasteiger partial charge in [-0.1, -0.05) is 6.07 Å². The molecule has 0 saturated carbocycles. The number of carbonyl (C=O) groups is 1. The summed E-state index contributed by atoms with van der Waals surface area (Å²) in [6.45, 7) is 0.926. The number of alkyl halides is 3. The Kier molecular flexibility index (Phi) is 2.73. The highest BCUT2D eigenvalue weighted by Crippen LogP contribution is 2.40. The van der Waals surface area contributed by atoms with E-state index in [1.54, 1.807) is 11.0 Å². The lowest BCUT2D eigenvalue weighted by atomic mass is 10.0. The molecule has 0 unspecified atom stereocenters. The lowest BCUT2D eigenvalue weighted by molar-refractivity contribution is -0.137. The molecule has 1 aromatic carbocycles. The molecule has 2 aliphatic heterocycles. The SMILES string of the molecule is O=CNC1=Nc2c(cccc2C(F)(F)F)C2=NCCN12. The topological polar surface area (TPSA) is 57.1 Å². The molecule has 5 nitrogen and oxygen atoms in total. The first-order chi connectivity index (χ1) is 9.52. The van der Waals surface area contributed by atoms with Crippen LogP contribution in [0.4, 0.5) is 18.9 Å². The van der Waals surface area contributed by atoms with Crippen LogP contribution in [0.15, 0.2) is 28.2 Å². The van der Waals surface area contributed by atoms with Crippen LogP contribution in [0.5, 0.6) is 0 Å². The highest BCUT2D eigenvalue weighted by Gasteiger charge is 2.38. The quantitative estimate of drug-likeness (QED) is 0.794. The standard InChI is InChI=1S/C12H9F3N4O/c13-12(14,15)8-3-1-2-7-9(8)18-11(17-6-20)19-5-4-16-10(7)19/h1-3,6H,4-5H2,(H,17,18,20). The summed E-state index contributed by atoms with van der Waals surface area (Å²) < 4.78 is 39.1. The van der Waals surface area contributed by atoms with Crippen LogP contribution in [0.2, 0.25) is 0 Å². The van der Waals surface area contributed by atoms with Crippen molar-refractivity contribution >= 4 is 23.9 Å². The molecular weight excluding hydrogens is 273 g/mol. The van der Waals surface area contributed by atoms with Crippen LogP contribution in [-0.4, -0.2) is 36.2 Å². The van der Waals surface area contributed by atoms with E-state index in [1.807, 2.05) is 0 Å². The summed E-state index contributed by atoms with van der Waals surface area (Å²) in [7, 11) is 0. The number of amides is 1. The van der Waals surface area contributed by atoms with Gasteiger partial charge in [-0.2, -0.15) is 13.2 Å². The molecule has 1 amide bonds. The molecule has 0 aromatic heterocycles. The van der Waals surface area contributed by atoms with Gasteiger partial charge >= 0.3 is 6.18 Å². The van der Waals surface area contributed by atoms with E-state index >= 15 is 0 Å². The summed E-state index contributed by atoms with van der Waals surface area (Å²) in [6.07, 6.45) is -4.13. The number of rotatable bonds is 1. The summed E-state index contributed by atoms with van der Waals surface area (Å²) in [5, 5.41) is 2.32. The fourth-order valence-electron chi connectivity index (χ4n) is 2.29. The summed E-state index contributed by atoms with van der Waals surface area (Å²) in [5.41, 5.74) is -0.718. The maximum atomic E-state index is 13.0. The number of carbonyl (C=O) groups excluding carboxylic acids is 1. The Labute approximate surface area is 111 Å². The average molecular weight is 282 g/mol. The molecule has 8 heteroatoms.